The minimum Gasteiger partial charge on any atom is -0.481 e. The number of hydrogen-bond donors (Lipinski definition) is 1. The van der Waals surface area contributed by atoms with Gasteiger partial charge in [0.15, 0.2) is 0 Å². The molecule has 2 aliphatic rings. The van der Waals surface area contributed by atoms with E-state index in [2.05, 4.69) is 12.1 Å². The van der Waals surface area contributed by atoms with Gasteiger partial charge in [-0.05, 0) is 71.8 Å². The van der Waals surface area contributed by atoms with E-state index in [1.165, 1.54) is 0 Å². The first-order chi connectivity index (χ1) is 14.5. The predicted octanol–water partition coefficient (Wildman–Crippen LogP) is 5.25. The molecule has 1 amide bonds. The van der Waals surface area contributed by atoms with E-state index in [4.69, 9.17) is 9.47 Å². The monoisotopic (exact) mass is 431 g/mol. The maximum Gasteiger partial charge on any atom is 0.412 e. The molecule has 1 aliphatic heterocycles. The first-order valence-electron chi connectivity index (χ1n) is 11.4. The number of benzene rings is 1. The number of amides is 1. The number of rotatable bonds is 5. The Morgan fingerprint density at radius 3 is 2.42 bits per heavy atom. The fourth-order valence-electron chi connectivity index (χ4n) is 5.13. The normalized spacial score (nSPS) is 28.4. The topological polar surface area (TPSA) is 76.1 Å². The van der Waals surface area contributed by atoms with Crippen molar-refractivity contribution in [2.45, 2.75) is 96.6 Å². The van der Waals surface area contributed by atoms with Crippen LogP contribution in [0.1, 0.15) is 72.3 Å². The molecule has 4 atom stereocenters. The van der Waals surface area contributed by atoms with Crippen LogP contribution in [0.15, 0.2) is 30.3 Å². The molecule has 3 rings (SSSR count). The average Bonchev–Trinajstić information content (AvgIpc) is 2.91. The van der Waals surface area contributed by atoms with E-state index in [0.717, 1.165) is 31.2 Å². The SMILES string of the molecule is CC(C)(C)OC(=O)N1[C@@H](Cc2ccccc2)[C@@H](C[C@H]2CCCC[C@H]2C(=O)O)OC1(C)C. The molecular weight excluding hydrogens is 394 g/mol. The van der Waals surface area contributed by atoms with Crippen LogP contribution in [0.25, 0.3) is 0 Å². The largest absolute Gasteiger partial charge is 0.481 e. The Balaban J connectivity index is 1.89. The van der Waals surface area contributed by atoms with E-state index < -0.39 is 17.3 Å². The lowest BCUT2D eigenvalue weighted by Gasteiger charge is -2.35. The van der Waals surface area contributed by atoms with E-state index in [1.54, 1.807) is 4.90 Å². The number of carboxylic acids is 1. The van der Waals surface area contributed by atoms with Gasteiger partial charge < -0.3 is 14.6 Å². The second-order valence-corrected chi connectivity index (χ2v) is 10.4. The third-order valence-electron chi connectivity index (χ3n) is 6.42. The summed E-state index contributed by atoms with van der Waals surface area (Å²) in [6.07, 6.45) is 4.26. The van der Waals surface area contributed by atoms with Crippen molar-refractivity contribution in [1.82, 2.24) is 4.90 Å². The molecular formula is C25H37NO5. The van der Waals surface area contributed by atoms with Gasteiger partial charge in [0.1, 0.15) is 11.3 Å². The highest BCUT2D eigenvalue weighted by atomic mass is 16.6. The molecule has 1 aliphatic carbocycles. The van der Waals surface area contributed by atoms with Gasteiger partial charge >= 0.3 is 12.1 Å². The second-order valence-electron chi connectivity index (χ2n) is 10.4. The van der Waals surface area contributed by atoms with Crippen LogP contribution in [-0.2, 0) is 20.7 Å². The van der Waals surface area contributed by atoms with Crippen molar-refractivity contribution in [3.05, 3.63) is 35.9 Å². The van der Waals surface area contributed by atoms with Gasteiger partial charge in [-0.15, -0.1) is 0 Å². The smallest absolute Gasteiger partial charge is 0.412 e. The van der Waals surface area contributed by atoms with Crippen molar-refractivity contribution in [3.8, 4) is 0 Å². The summed E-state index contributed by atoms with van der Waals surface area (Å²) in [7, 11) is 0. The molecule has 6 nitrogen and oxygen atoms in total. The lowest BCUT2D eigenvalue weighted by Crippen LogP contribution is -2.51. The Kier molecular flexibility index (Phi) is 6.99. The molecule has 1 aromatic rings. The number of carbonyl (C=O) groups is 2. The standard InChI is InChI=1S/C25H37NO5/c1-24(2,3)31-23(29)26-20(15-17-11-7-6-8-12-17)21(30-25(26,4)5)16-18-13-9-10-14-19(18)22(27)28/h6-8,11-12,18-21H,9-10,13-16H2,1-5H3,(H,27,28)/t18-,19-,20+,21-/m1/s1. The van der Waals surface area contributed by atoms with Crippen LogP contribution >= 0.6 is 0 Å². The average molecular weight is 432 g/mol. The van der Waals surface area contributed by atoms with Gasteiger partial charge in [0.2, 0.25) is 0 Å². The molecule has 2 fully saturated rings. The van der Waals surface area contributed by atoms with Crippen molar-refractivity contribution in [3.63, 3.8) is 0 Å². The highest BCUT2D eigenvalue weighted by molar-refractivity contribution is 5.71. The molecule has 1 saturated heterocycles. The Morgan fingerprint density at radius 1 is 1.16 bits per heavy atom. The Bertz CT molecular complexity index is 770. The molecule has 0 bridgehead atoms. The maximum absolute atomic E-state index is 13.2. The van der Waals surface area contributed by atoms with Crippen molar-refractivity contribution in [2.75, 3.05) is 0 Å². The maximum atomic E-state index is 13.2. The van der Waals surface area contributed by atoms with E-state index >= 15 is 0 Å². The van der Waals surface area contributed by atoms with Crippen molar-refractivity contribution in [2.24, 2.45) is 11.8 Å². The molecule has 172 valence electrons. The van der Waals surface area contributed by atoms with Crippen LogP contribution in [0.5, 0.6) is 0 Å². The van der Waals surface area contributed by atoms with E-state index in [9.17, 15) is 14.7 Å². The number of carbonyl (C=O) groups excluding carboxylic acids is 1. The van der Waals surface area contributed by atoms with Gasteiger partial charge in [-0.25, -0.2) is 4.79 Å². The molecule has 1 aromatic carbocycles. The van der Waals surface area contributed by atoms with Crippen LogP contribution in [-0.4, -0.2) is 45.5 Å². The summed E-state index contributed by atoms with van der Waals surface area (Å²) in [6.45, 7) is 9.36. The van der Waals surface area contributed by atoms with Gasteiger partial charge in [-0.2, -0.15) is 0 Å². The summed E-state index contributed by atoms with van der Waals surface area (Å²) in [6, 6.07) is 9.84. The first kappa shape index (κ1) is 23.6. The number of carboxylic acid groups (broad SMARTS) is 1. The molecule has 31 heavy (non-hydrogen) atoms. The molecule has 0 aromatic heterocycles. The molecule has 6 heteroatoms. The Hall–Kier alpha value is -2.08. The third-order valence-corrected chi connectivity index (χ3v) is 6.42. The molecule has 1 N–H and O–H groups in total. The second kappa shape index (κ2) is 9.19. The minimum atomic E-state index is -0.833. The summed E-state index contributed by atoms with van der Waals surface area (Å²) in [4.78, 5) is 26.8. The highest BCUT2D eigenvalue weighted by Crippen LogP contribution is 2.41. The number of nitrogens with zero attached hydrogens (tertiary/aromatic N) is 1. The third kappa shape index (κ3) is 5.79. The van der Waals surface area contributed by atoms with Crippen LogP contribution in [0.2, 0.25) is 0 Å². The molecule has 1 saturated carbocycles. The lowest BCUT2D eigenvalue weighted by molar-refractivity contribution is -0.145. The van der Waals surface area contributed by atoms with E-state index in [1.807, 2.05) is 52.8 Å². The molecule has 0 spiro atoms. The summed E-state index contributed by atoms with van der Waals surface area (Å²) >= 11 is 0. The lowest BCUT2D eigenvalue weighted by atomic mass is 9.75. The summed E-state index contributed by atoms with van der Waals surface area (Å²) in [5, 5.41) is 9.73. The van der Waals surface area contributed by atoms with Gasteiger partial charge in [0.25, 0.3) is 0 Å². The first-order valence-corrected chi connectivity index (χ1v) is 11.4. The highest BCUT2D eigenvalue weighted by Gasteiger charge is 2.52. The van der Waals surface area contributed by atoms with Gasteiger partial charge in [-0.1, -0.05) is 43.2 Å². The van der Waals surface area contributed by atoms with Crippen molar-refractivity contribution < 1.29 is 24.2 Å². The fourth-order valence-corrected chi connectivity index (χ4v) is 5.13. The predicted molar refractivity (Wildman–Crippen MR) is 119 cm³/mol. The number of aliphatic carboxylic acids is 1. The number of hydrogen-bond acceptors (Lipinski definition) is 4. The van der Waals surface area contributed by atoms with Crippen LogP contribution in [0, 0.1) is 11.8 Å². The zero-order chi connectivity index (χ0) is 22.8. The summed E-state index contributed by atoms with van der Waals surface area (Å²) in [5.74, 6) is -0.997. The van der Waals surface area contributed by atoms with Crippen LogP contribution in [0.4, 0.5) is 4.79 Å². The fraction of sp³-hybridized carbons (Fsp3) is 0.680. The van der Waals surface area contributed by atoms with E-state index in [0.29, 0.717) is 12.8 Å². The zero-order valence-corrected chi connectivity index (χ0v) is 19.5. The summed E-state index contributed by atoms with van der Waals surface area (Å²) < 4.78 is 12.2. The van der Waals surface area contributed by atoms with Gasteiger partial charge in [0.05, 0.1) is 18.1 Å². The van der Waals surface area contributed by atoms with E-state index in [-0.39, 0.29) is 30.1 Å². The van der Waals surface area contributed by atoms with Gasteiger partial charge in [-0.3, -0.25) is 9.69 Å². The van der Waals surface area contributed by atoms with Gasteiger partial charge in [0, 0.05) is 0 Å². The van der Waals surface area contributed by atoms with Crippen molar-refractivity contribution >= 4 is 12.1 Å². The molecule has 0 unspecified atom stereocenters. The summed E-state index contributed by atoms with van der Waals surface area (Å²) in [5.41, 5.74) is -0.328. The Morgan fingerprint density at radius 2 is 1.81 bits per heavy atom. The number of ether oxygens (including phenoxy) is 2. The minimum absolute atomic E-state index is 0.0592. The Labute approximate surface area is 185 Å². The van der Waals surface area contributed by atoms with Crippen molar-refractivity contribution in [1.29, 1.82) is 0 Å². The zero-order valence-electron chi connectivity index (χ0n) is 19.5. The quantitative estimate of drug-likeness (QED) is 0.689. The molecule has 1 heterocycles. The van der Waals surface area contributed by atoms with Crippen LogP contribution in [0.3, 0.4) is 0 Å². The molecule has 0 radical (unpaired) electrons. The van der Waals surface area contributed by atoms with Crippen LogP contribution < -0.4 is 0 Å².